The number of nitrogens with zero attached hydrogens (tertiary/aromatic N) is 4. The smallest absolute Gasteiger partial charge is 0.156 e. The predicted molar refractivity (Wildman–Crippen MR) is 88.1 cm³/mol. The van der Waals surface area contributed by atoms with Gasteiger partial charge in [0, 0.05) is 55.7 Å². The molecule has 7 nitrogen and oxygen atoms in total. The number of hydrogen-bond acceptors (Lipinski definition) is 6. The van der Waals surface area contributed by atoms with Crippen LogP contribution in [0.1, 0.15) is 41.5 Å². The van der Waals surface area contributed by atoms with Gasteiger partial charge in [-0.15, -0.1) is 0 Å². The number of aryl methyl sites for hydroxylation is 1. The summed E-state index contributed by atoms with van der Waals surface area (Å²) < 4.78 is 5.21. The zero-order chi connectivity index (χ0) is 16.4. The van der Waals surface area contributed by atoms with Crippen LogP contribution >= 0.6 is 0 Å². The van der Waals surface area contributed by atoms with Gasteiger partial charge in [-0.1, -0.05) is 0 Å². The van der Waals surface area contributed by atoms with Crippen molar-refractivity contribution in [1.29, 1.82) is 0 Å². The molecular formula is C16H24N6O. The molecule has 3 N–H and O–H groups in total. The Morgan fingerprint density at radius 1 is 1.39 bits per heavy atom. The van der Waals surface area contributed by atoms with Gasteiger partial charge in [0.05, 0.1) is 6.20 Å². The number of rotatable bonds is 6. The van der Waals surface area contributed by atoms with E-state index < -0.39 is 0 Å². The fraction of sp³-hybridized carbons (Fsp3) is 0.562. The monoisotopic (exact) mass is 316 g/mol. The van der Waals surface area contributed by atoms with Crippen LogP contribution in [0.15, 0.2) is 12.3 Å². The van der Waals surface area contributed by atoms with Gasteiger partial charge in [0.25, 0.3) is 0 Å². The molecule has 0 atom stereocenters. The third-order valence-electron chi connectivity index (χ3n) is 4.38. The van der Waals surface area contributed by atoms with E-state index in [2.05, 4.69) is 31.1 Å². The third kappa shape index (κ3) is 3.51. The fourth-order valence-electron chi connectivity index (χ4n) is 2.88. The molecule has 2 aromatic heterocycles. The molecule has 23 heavy (non-hydrogen) atoms. The molecule has 1 aliphatic rings. The molecule has 124 valence electrons. The minimum atomic E-state index is 0.301. The molecule has 7 heteroatoms. The van der Waals surface area contributed by atoms with E-state index in [1.54, 1.807) is 7.11 Å². The number of aromatic amines is 1. The summed E-state index contributed by atoms with van der Waals surface area (Å²) in [6.45, 7) is 3.18. The van der Waals surface area contributed by atoms with Crippen molar-refractivity contribution in [1.82, 2.24) is 20.2 Å². The molecule has 0 saturated heterocycles. The molecule has 0 radical (unpaired) electrons. The predicted octanol–water partition coefficient (Wildman–Crippen LogP) is 1.50. The minimum Gasteiger partial charge on any atom is -0.377 e. The summed E-state index contributed by atoms with van der Waals surface area (Å²) >= 11 is 0. The topological polar surface area (TPSA) is 93.0 Å². The van der Waals surface area contributed by atoms with Crippen molar-refractivity contribution >= 4 is 5.82 Å². The highest BCUT2D eigenvalue weighted by atomic mass is 16.5. The number of nitrogens with one attached hydrogen (secondary N) is 1. The number of ether oxygens (including phenoxy) is 1. The number of anilines is 1. The zero-order valence-corrected chi connectivity index (χ0v) is 13.9. The largest absolute Gasteiger partial charge is 0.377 e. The highest BCUT2D eigenvalue weighted by Crippen LogP contribution is 2.35. The van der Waals surface area contributed by atoms with Crippen LogP contribution in [-0.2, 0) is 17.9 Å². The molecule has 0 bridgehead atoms. The first-order chi connectivity index (χ1) is 11.1. The summed E-state index contributed by atoms with van der Waals surface area (Å²) in [5.41, 5.74) is 9.22. The lowest BCUT2D eigenvalue weighted by molar-refractivity contribution is 0.177. The van der Waals surface area contributed by atoms with Crippen molar-refractivity contribution in [3.63, 3.8) is 0 Å². The second-order valence-corrected chi connectivity index (χ2v) is 6.30. The summed E-state index contributed by atoms with van der Waals surface area (Å²) in [7, 11) is 3.69. The summed E-state index contributed by atoms with van der Waals surface area (Å²) in [6.07, 6.45) is 3.84. The van der Waals surface area contributed by atoms with E-state index >= 15 is 0 Å². The summed E-state index contributed by atoms with van der Waals surface area (Å²) in [5.74, 6) is 2.06. The molecule has 2 heterocycles. The van der Waals surface area contributed by atoms with Crippen LogP contribution < -0.4 is 10.6 Å². The summed E-state index contributed by atoms with van der Waals surface area (Å²) in [5, 5.41) is 7.04. The zero-order valence-electron chi connectivity index (χ0n) is 13.9. The maximum atomic E-state index is 5.92. The van der Waals surface area contributed by atoms with Crippen LogP contribution in [0, 0.1) is 6.92 Å². The normalized spacial score (nSPS) is 20.3. The first kappa shape index (κ1) is 15.9. The van der Waals surface area contributed by atoms with E-state index in [1.807, 2.05) is 20.2 Å². The standard InChI is InChI=1S/C16H24N6O/c1-10-12(7-18-21-10)8-22(2)16-6-14(11-4-13(17)5-11)19-15(20-16)9-23-3/h6-7,11,13H,4-5,8-9,17H2,1-3H3,(H,18,21). The molecule has 3 rings (SSSR count). The average molecular weight is 316 g/mol. The first-order valence-electron chi connectivity index (χ1n) is 7.89. The number of hydrogen-bond donors (Lipinski definition) is 2. The molecule has 0 amide bonds. The lowest BCUT2D eigenvalue weighted by Gasteiger charge is -2.32. The third-order valence-corrected chi connectivity index (χ3v) is 4.38. The van der Waals surface area contributed by atoms with Gasteiger partial charge >= 0.3 is 0 Å². The van der Waals surface area contributed by atoms with E-state index in [4.69, 9.17) is 10.5 Å². The second kappa shape index (κ2) is 6.64. The average Bonchev–Trinajstić information content (AvgIpc) is 2.89. The number of methoxy groups -OCH3 is 1. The van der Waals surface area contributed by atoms with Crippen molar-refractivity contribution in [2.24, 2.45) is 5.73 Å². The quantitative estimate of drug-likeness (QED) is 0.839. The van der Waals surface area contributed by atoms with E-state index in [1.165, 1.54) is 0 Å². The summed E-state index contributed by atoms with van der Waals surface area (Å²) in [4.78, 5) is 11.4. The van der Waals surface area contributed by atoms with E-state index in [0.29, 0.717) is 18.6 Å². The van der Waals surface area contributed by atoms with Crippen LogP contribution in [0.2, 0.25) is 0 Å². The Kier molecular flexibility index (Phi) is 4.58. The highest BCUT2D eigenvalue weighted by molar-refractivity contribution is 5.41. The van der Waals surface area contributed by atoms with Crippen molar-refractivity contribution in [2.75, 3.05) is 19.1 Å². The van der Waals surface area contributed by atoms with E-state index in [-0.39, 0.29) is 0 Å². The molecule has 1 saturated carbocycles. The van der Waals surface area contributed by atoms with Crippen LogP contribution in [0.3, 0.4) is 0 Å². The van der Waals surface area contributed by atoms with Gasteiger partial charge in [-0.05, 0) is 19.8 Å². The molecular weight excluding hydrogens is 292 g/mol. The second-order valence-electron chi connectivity index (χ2n) is 6.30. The van der Waals surface area contributed by atoms with Crippen molar-refractivity contribution < 1.29 is 4.74 Å². The van der Waals surface area contributed by atoms with Crippen molar-refractivity contribution in [3.8, 4) is 0 Å². The number of aromatic nitrogens is 4. The Balaban J connectivity index is 1.83. The number of nitrogens with two attached hydrogens (primary N) is 1. The van der Waals surface area contributed by atoms with Gasteiger partial charge in [-0.25, -0.2) is 9.97 Å². The highest BCUT2D eigenvalue weighted by Gasteiger charge is 2.29. The van der Waals surface area contributed by atoms with Crippen LogP contribution in [0.4, 0.5) is 5.82 Å². The van der Waals surface area contributed by atoms with E-state index in [0.717, 1.165) is 48.0 Å². The lowest BCUT2D eigenvalue weighted by atomic mass is 9.78. The molecule has 1 fully saturated rings. The lowest BCUT2D eigenvalue weighted by Crippen LogP contribution is -2.35. The van der Waals surface area contributed by atoms with Gasteiger partial charge < -0.3 is 15.4 Å². The van der Waals surface area contributed by atoms with Gasteiger partial charge in [-0.3, -0.25) is 5.10 Å². The molecule has 0 unspecified atom stereocenters. The molecule has 0 aliphatic heterocycles. The van der Waals surface area contributed by atoms with Gasteiger partial charge in [0.15, 0.2) is 5.82 Å². The van der Waals surface area contributed by atoms with Crippen LogP contribution in [0.25, 0.3) is 0 Å². The van der Waals surface area contributed by atoms with Crippen LogP contribution in [0.5, 0.6) is 0 Å². The SMILES string of the molecule is COCc1nc(C2CC(N)C2)cc(N(C)Cc2cn[nH]c2C)n1. The molecule has 1 aliphatic carbocycles. The number of H-pyrrole nitrogens is 1. The van der Waals surface area contributed by atoms with Crippen molar-refractivity contribution in [3.05, 3.63) is 35.0 Å². The first-order valence-corrected chi connectivity index (χ1v) is 7.89. The summed E-state index contributed by atoms with van der Waals surface area (Å²) in [6, 6.07) is 2.38. The Labute approximate surface area is 136 Å². The Morgan fingerprint density at radius 3 is 2.78 bits per heavy atom. The van der Waals surface area contributed by atoms with Gasteiger partial charge in [0.2, 0.25) is 0 Å². The van der Waals surface area contributed by atoms with Gasteiger partial charge in [-0.2, -0.15) is 5.10 Å². The molecule has 2 aromatic rings. The Hall–Kier alpha value is -1.99. The molecule has 0 spiro atoms. The Bertz CT molecular complexity index is 664. The van der Waals surface area contributed by atoms with E-state index in [9.17, 15) is 0 Å². The maximum absolute atomic E-state index is 5.92. The Morgan fingerprint density at radius 2 is 2.17 bits per heavy atom. The maximum Gasteiger partial charge on any atom is 0.156 e. The van der Waals surface area contributed by atoms with Gasteiger partial charge in [0.1, 0.15) is 12.4 Å². The fourth-order valence-corrected chi connectivity index (χ4v) is 2.88. The molecule has 0 aromatic carbocycles. The minimum absolute atomic E-state index is 0.301. The van der Waals surface area contributed by atoms with Crippen molar-refractivity contribution in [2.45, 2.75) is 44.9 Å². The van der Waals surface area contributed by atoms with Crippen LogP contribution in [-0.4, -0.2) is 40.4 Å².